The molecule has 0 bridgehead atoms. The fourth-order valence-corrected chi connectivity index (χ4v) is 3.64. The number of halogens is 7. The van der Waals surface area contributed by atoms with Crippen LogP contribution >= 0.6 is 46.4 Å². The Labute approximate surface area is 209 Å². The number of anilines is 1. The van der Waals surface area contributed by atoms with E-state index in [1.165, 1.54) is 19.2 Å². The van der Waals surface area contributed by atoms with Gasteiger partial charge in [-0.15, -0.1) is 0 Å². The largest absolute Gasteiger partial charge is 0.423 e. The van der Waals surface area contributed by atoms with E-state index in [2.05, 4.69) is 10.6 Å². The van der Waals surface area contributed by atoms with Crippen LogP contribution in [0.25, 0.3) is 0 Å². The van der Waals surface area contributed by atoms with Gasteiger partial charge in [-0.3, -0.25) is 4.79 Å². The van der Waals surface area contributed by atoms with Crippen molar-refractivity contribution in [1.29, 1.82) is 0 Å². The van der Waals surface area contributed by atoms with E-state index < -0.39 is 23.9 Å². The summed E-state index contributed by atoms with van der Waals surface area (Å²) in [4.78, 5) is 11.9. The summed E-state index contributed by atoms with van der Waals surface area (Å²) in [6.45, 7) is 0.926. The highest BCUT2D eigenvalue weighted by molar-refractivity contribution is 6.48. The molecule has 1 amide bonds. The summed E-state index contributed by atoms with van der Waals surface area (Å²) in [5, 5.41) is 15.4. The molecule has 2 aromatic rings. The standard InChI is InChI=1S/C21H21Cl4F3N2O3/c1-11(33-2)5-18(31)29-9-12-3-4-14(8-15(12)22)30-10-20(32,21(26,27)28)13-6-16(23)19(25)17(24)7-13/h3-4,6-8,11,30,32H,5,9-10H2,1-2H3,(H,29,31)/t11-,20-/m1/s1. The minimum Gasteiger partial charge on any atom is -0.381 e. The van der Waals surface area contributed by atoms with E-state index in [-0.39, 0.29) is 50.8 Å². The van der Waals surface area contributed by atoms with Crippen molar-refractivity contribution in [2.45, 2.75) is 37.8 Å². The Bertz CT molecular complexity index is 984. The maximum absolute atomic E-state index is 13.8. The summed E-state index contributed by atoms with van der Waals surface area (Å²) >= 11 is 23.7. The highest BCUT2D eigenvalue weighted by atomic mass is 35.5. The minimum absolute atomic E-state index is 0.120. The van der Waals surface area contributed by atoms with Gasteiger partial charge in [0.2, 0.25) is 11.5 Å². The number of benzene rings is 2. The number of amides is 1. The van der Waals surface area contributed by atoms with E-state index >= 15 is 0 Å². The molecular weight excluding hydrogens is 527 g/mol. The van der Waals surface area contributed by atoms with Crippen LogP contribution in [0.2, 0.25) is 20.1 Å². The first-order chi connectivity index (χ1) is 15.3. The number of alkyl halides is 3. The van der Waals surface area contributed by atoms with Crippen LogP contribution in [0.1, 0.15) is 24.5 Å². The van der Waals surface area contributed by atoms with Crippen molar-refractivity contribution in [1.82, 2.24) is 5.32 Å². The SMILES string of the molecule is CO[C@H](C)CC(=O)NCc1ccc(NC[C@@](O)(c2cc(Cl)c(Cl)c(Cl)c2)C(F)(F)F)cc1Cl. The maximum atomic E-state index is 13.8. The molecule has 5 nitrogen and oxygen atoms in total. The number of hydrogen-bond donors (Lipinski definition) is 3. The predicted octanol–water partition coefficient (Wildman–Crippen LogP) is 6.20. The van der Waals surface area contributed by atoms with Crippen LogP contribution in [0.15, 0.2) is 30.3 Å². The Hall–Kier alpha value is -1.42. The Morgan fingerprint density at radius 3 is 2.21 bits per heavy atom. The molecule has 0 aliphatic carbocycles. The lowest BCUT2D eigenvalue weighted by atomic mass is 9.92. The van der Waals surface area contributed by atoms with Crippen molar-refractivity contribution in [2.75, 3.05) is 19.0 Å². The van der Waals surface area contributed by atoms with Gasteiger partial charge < -0.3 is 20.5 Å². The van der Waals surface area contributed by atoms with Crippen LogP contribution in [0.3, 0.4) is 0 Å². The van der Waals surface area contributed by atoms with Crippen molar-refractivity contribution in [3.8, 4) is 0 Å². The smallest absolute Gasteiger partial charge is 0.381 e. The molecule has 0 aliphatic rings. The van der Waals surface area contributed by atoms with Crippen LogP contribution in [0.5, 0.6) is 0 Å². The fraction of sp³-hybridized carbons (Fsp3) is 0.381. The van der Waals surface area contributed by atoms with Crippen molar-refractivity contribution in [3.05, 3.63) is 61.5 Å². The predicted molar refractivity (Wildman–Crippen MR) is 124 cm³/mol. The number of carbonyl (C=O) groups is 1. The van der Waals surface area contributed by atoms with Gasteiger partial charge in [-0.05, 0) is 42.3 Å². The third-order valence-corrected chi connectivity index (χ3v) is 6.43. The summed E-state index contributed by atoms with van der Waals surface area (Å²) in [6.07, 6.45) is -5.14. The molecule has 0 aromatic heterocycles. The Morgan fingerprint density at radius 2 is 1.70 bits per heavy atom. The first-order valence-electron chi connectivity index (χ1n) is 9.54. The van der Waals surface area contributed by atoms with Gasteiger partial charge in [0.25, 0.3) is 0 Å². The molecule has 0 unspecified atom stereocenters. The van der Waals surface area contributed by atoms with Crippen molar-refractivity contribution in [2.24, 2.45) is 0 Å². The topological polar surface area (TPSA) is 70.6 Å². The molecule has 33 heavy (non-hydrogen) atoms. The average molecular weight is 548 g/mol. The van der Waals surface area contributed by atoms with Gasteiger partial charge in [-0.1, -0.05) is 52.5 Å². The molecule has 0 radical (unpaired) electrons. The number of hydrogen-bond acceptors (Lipinski definition) is 4. The van der Waals surface area contributed by atoms with E-state index in [0.29, 0.717) is 5.56 Å². The Morgan fingerprint density at radius 1 is 1.09 bits per heavy atom. The molecule has 2 rings (SSSR count). The third-order valence-electron chi connectivity index (χ3n) is 4.88. The van der Waals surface area contributed by atoms with Crippen molar-refractivity contribution >= 4 is 58.0 Å². The molecule has 182 valence electrons. The van der Waals surface area contributed by atoms with E-state index in [1.54, 1.807) is 13.0 Å². The second kappa shape index (κ2) is 11.3. The van der Waals surface area contributed by atoms with Crippen LogP contribution in [0.4, 0.5) is 18.9 Å². The molecule has 0 saturated carbocycles. The molecule has 0 aliphatic heterocycles. The van der Waals surface area contributed by atoms with Crippen LogP contribution in [0, 0.1) is 0 Å². The molecule has 2 atom stereocenters. The van der Waals surface area contributed by atoms with Gasteiger partial charge in [-0.2, -0.15) is 13.2 Å². The quantitative estimate of drug-likeness (QED) is 0.327. The molecule has 0 spiro atoms. The zero-order chi connectivity index (χ0) is 25.0. The number of ether oxygens (including phenoxy) is 1. The number of rotatable bonds is 9. The first kappa shape index (κ1) is 27.8. The number of methoxy groups -OCH3 is 1. The third kappa shape index (κ3) is 7.04. The van der Waals surface area contributed by atoms with Gasteiger partial charge in [0, 0.05) is 24.4 Å². The second-order valence-electron chi connectivity index (χ2n) is 7.30. The molecule has 0 heterocycles. The number of aliphatic hydroxyl groups is 1. The van der Waals surface area contributed by atoms with Gasteiger partial charge in [0.1, 0.15) is 0 Å². The van der Waals surface area contributed by atoms with Crippen molar-refractivity contribution in [3.63, 3.8) is 0 Å². The summed E-state index contributed by atoms with van der Waals surface area (Å²) < 4.78 is 46.4. The lowest BCUT2D eigenvalue weighted by Crippen LogP contribution is -2.47. The summed E-state index contributed by atoms with van der Waals surface area (Å²) in [7, 11) is 1.50. The molecule has 0 fully saturated rings. The summed E-state index contributed by atoms with van der Waals surface area (Å²) in [5.41, 5.74) is -3.11. The Balaban J connectivity index is 2.16. The van der Waals surface area contributed by atoms with Crippen LogP contribution in [-0.2, 0) is 21.7 Å². The van der Waals surface area contributed by atoms with Crippen LogP contribution in [-0.4, -0.2) is 36.9 Å². The molecule has 3 N–H and O–H groups in total. The molecular formula is C21H21Cl4F3N2O3. The van der Waals surface area contributed by atoms with Gasteiger partial charge in [-0.25, -0.2) is 0 Å². The Kier molecular flexibility index (Phi) is 9.56. The zero-order valence-electron chi connectivity index (χ0n) is 17.5. The first-order valence-corrected chi connectivity index (χ1v) is 11.1. The number of nitrogens with one attached hydrogen (secondary N) is 2. The van der Waals surface area contributed by atoms with Gasteiger partial charge >= 0.3 is 6.18 Å². The normalized spacial score (nSPS) is 14.5. The lowest BCUT2D eigenvalue weighted by molar-refractivity contribution is -0.260. The fourth-order valence-electron chi connectivity index (χ4n) is 2.80. The molecule has 12 heteroatoms. The second-order valence-corrected chi connectivity index (χ2v) is 8.90. The van der Waals surface area contributed by atoms with Crippen LogP contribution < -0.4 is 10.6 Å². The average Bonchev–Trinajstić information content (AvgIpc) is 2.73. The van der Waals surface area contributed by atoms with Gasteiger partial charge in [0.15, 0.2) is 0 Å². The monoisotopic (exact) mass is 546 g/mol. The summed E-state index contributed by atoms with van der Waals surface area (Å²) in [5.74, 6) is -0.238. The van der Waals surface area contributed by atoms with E-state index in [0.717, 1.165) is 12.1 Å². The summed E-state index contributed by atoms with van der Waals surface area (Å²) in [6, 6.07) is 6.23. The minimum atomic E-state index is -5.06. The lowest BCUT2D eigenvalue weighted by Gasteiger charge is -2.32. The van der Waals surface area contributed by atoms with E-state index in [9.17, 15) is 23.1 Å². The van der Waals surface area contributed by atoms with Gasteiger partial charge in [0.05, 0.1) is 34.1 Å². The molecule has 0 saturated heterocycles. The van der Waals surface area contributed by atoms with Crippen molar-refractivity contribution < 1.29 is 27.8 Å². The maximum Gasteiger partial charge on any atom is 0.423 e. The highest BCUT2D eigenvalue weighted by Crippen LogP contribution is 2.43. The highest BCUT2D eigenvalue weighted by Gasteiger charge is 2.55. The van der Waals surface area contributed by atoms with E-state index in [1.807, 2.05) is 0 Å². The zero-order valence-corrected chi connectivity index (χ0v) is 20.5. The number of carbonyl (C=O) groups excluding carboxylic acids is 1. The van der Waals surface area contributed by atoms with E-state index in [4.69, 9.17) is 51.1 Å². The molecule has 2 aromatic carbocycles.